The Balaban J connectivity index is 2.02. The van der Waals surface area contributed by atoms with E-state index in [-0.39, 0.29) is 6.04 Å². The second-order valence-corrected chi connectivity index (χ2v) is 5.05. The molecule has 92 valence electrons. The van der Waals surface area contributed by atoms with Gasteiger partial charge >= 0.3 is 0 Å². The highest BCUT2D eigenvalue weighted by molar-refractivity contribution is 9.10. The van der Waals surface area contributed by atoms with Crippen molar-refractivity contribution in [2.75, 3.05) is 0 Å². The van der Waals surface area contributed by atoms with E-state index in [4.69, 9.17) is 0 Å². The van der Waals surface area contributed by atoms with E-state index in [2.05, 4.69) is 76.4 Å². The number of benzene rings is 2. The third kappa shape index (κ3) is 3.56. The Morgan fingerprint density at radius 2 is 1.72 bits per heavy atom. The number of halogens is 1. The first-order valence-electron chi connectivity index (χ1n) is 5.95. The lowest BCUT2D eigenvalue weighted by atomic mass is 10.1. The second kappa shape index (κ2) is 6.53. The van der Waals surface area contributed by atoms with Crippen LogP contribution in [0.3, 0.4) is 0 Å². The zero-order valence-corrected chi connectivity index (χ0v) is 11.7. The highest BCUT2D eigenvalue weighted by Gasteiger charge is 2.06. The summed E-state index contributed by atoms with van der Waals surface area (Å²) in [6, 6.07) is 18.9. The van der Waals surface area contributed by atoms with Crippen LogP contribution in [-0.2, 0) is 6.54 Å². The molecule has 18 heavy (non-hydrogen) atoms. The average Bonchev–Trinajstić information content (AvgIpc) is 2.42. The third-order valence-corrected chi connectivity index (χ3v) is 3.36. The molecule has 0 spiro atoms. The Labute approximate surface area is 117 Å². The lowest BCUT2D eigenvalue weighted by Crippen LogP contribution is -2.18. The Bertz CT molecular complexity index is 490. The first-order chi connectivity index (χ1) is 8.79. The summed E-state index contributed by atoms with van der Waals surface area (Å²) in [7, 11) is 0. The summed E-state index contributed by atoms with van der Waals surface area (Å²) >= 11 is 3.45. The van der Waals surface area contributed by atoms with Crippen molar-refractivity contribution in [2.24, 2.45) is 0 Å². The standard InChI is InChI=1S/C16H16BrN/c1-2-16(14-8-10-15(17)11-9-14)18-12-13-6-4-3-5-7-13/h2-11,16,18H,1,12H2/t16-/m0/s1. The van der Waals surface area contributed by atoms with Crippen LogP contribution in [-0.4, -0.2) is 0 Å². The first-order valence-corrected chi connectivity index (χ1v) is 6.74. The fourth-order valence-electron chi connectivity index (χ4n) is 1.83. The maximum atomic E-state index is 3.90. The predicted octanol–water partition coefficient (Wildman–Crippen LogP) is 4.47. The summed E-state index contributed by atoms with van der Waals surface area (Å²) in [5, 5.41) is 3.49. The summed E-state index contributed by atoms with van der Waals surface area (Å²) in [6.07, 6.45) is 1.94. The fourth-order valence-corrected chi connectivity index (χ4v) is 2.10. The van der Waals surface area contributed by atoms with Crippen LogP contribution in [0.25, 0.3) is 0 Å². The van der Waals surface area contributed by atoms with E-state index >= 15 is 0 Å². The van der Waals surface area contributed by atoms with Crippen LogP contribution in [0.15, 0.2) is 71.7 Å². The van der Waals surface area contributed by atoms with Crippen LogP contribution in [0.2, 0.25) is 0 Å². The molecule has 2 rings (SSSR count). The Morgan fingerprint density at radius 3 is 2.33 bits per heavy atom. The van der Waals surface area contributed by atoms with Gasteiger partial charge in [-0.1, -0.05) is 64.5 Å². The summed E-state index contributed by atoms with van der Waals surface area (Å²) < 4.78 is 1.09. The highest BCUT2D eigenvalue weighted by Crippen LogP contribution is 2.18. The van der Waals surface area contributed by atoms with Crippen molar-refractivity contribution in [1.29, 1.82) is 0 Å². The molecule has 0 aliphatic heterocycles. The molecule has 1 nitrogen and oxygen atoms in total. The van der Waals surface area contributed by atoms with Crippen molar-refractivity contribution < 1.29 is 0 Å². The molecule has 2 heteroatoms. The van der Waals surface area contributed by atoms with E-state index in [0.29, 0.717) is 0 Å². The van der Waals surface area contributed by atoms with Crippen molar-refractivity contribution in [3.05, 3.63) is 82.9 Å². The summed E-state index contributed by atoms with van der Waals surface area (Å²) in [4.78, 5) is 0. The van der Waals surface area contributed by atoms with E-state index in [9.17, 15) is 0 Å². The van der Waals surface area contributed by atoms with Crippen molar-refractivity contribution in [3.8, 4) is 0 Å². The largest absolute Gasteiger partial charge is 0.303 e. The van der Waals surface area contributed by atoms with Gasteiger partial charge in [0.1, 0.15) is 0 Å². The average molecular weight is 302 g/mol. The second-order valence-electron chi connectivity index (χ2n) is 4.13. The third-order valence-electron chi connectivity index (χ3n) is 2.83. The van der Waals surface area contributed by atoms with E-state index in [0.717, 1.165) is 11.0 Å². The van der Waals surface area contributed by atoms with Gasteiger partial charge in [-0.3, -0.25) is 0 Å². The molecule has 0 amide bonds. The number of hydrogen-bond donors (Lipinski definition) is 1. The van der Waals surface area contributed by atoms with Gasteiger partial charge in [-0.2, -0.15) is 0 Å². The van der Waals surface area contributed by atoms with Crippen molar-refractivity contribution in [3.63, 3.8) is 0 Å². The smallest absolute Gasteiger partial charge is 0.0506 e. The predicted molar refractivity (Wildman–Crippen MR) is 80.4 cm³/mol. The van der Waals surface area contributed by atoms with Crippen molar-refractivity contribution in [2.45, 2.75) is 12.6 Å². The molecular formula is C16H16BrN. The minimum absolute atomic E-state index is 0.179. The molecule has 0 saturated heterocycles. The van der Waals surface area contributed by atoms with Gasteiger partial charge in [-0.25, -0.2) is 0 Å². The quantitative estimate of drug-likeness (QED) is 0.804. The SMILES string of the molecule is C=C[C@H](NCc1ccccc1)c1ccc(Br)cc1. The summed E-state index contributed by atoms with van der Waals surface area (Å²) in [6.45, 7) is 4.74. The van der Waals surface area contributed by atoms with Crippen LogP contribution in [0.4, 0.5) is 0 Å². The van der Waals surface area contributed by atoms with Gasteiger partial charge in [-0.15, -0.1) is 6.58 Å². The Morgan fingerprint density at radius 1 is 1.06 bits per heavy atom. The van der Waals surface area contributed by atoms with Gasteiger partial charge in [0, 0.05) is 11.0 Å². The zero-order valence-electron chi connectivity index (χ0n) is 10.1. The van der Waals surface area contributed by atoms with E-state index < -0.39 is 0 Å². The highest BCUT2D eigenvalue weighted by atomic mass is 79.9. The molecule has 0 radical (unpaired) electrons. The number of hydrogen-bond acceptors (Lipinski definition) is 1. The maximum Gasteiger partial charge on any atom is 0.0506 e. The molecule has 2 aromatic rings. The minimum atomic E-state index is 0.179. The van der Waals surface area contributed by atoms with Crippen LogP contribution in [0.1, 0.15) is 17.2 Å². The monoisotopic (exact) mass is 301 g/mol. The van der Waals surface area contributed by atoms with Crippen LogP contribution in [0.5, 0.6) is 0 Å². The lowest BCUT2D eigenvalue weighted by Gasteiger charge is -2.15. The van der Waals surface area contributed by atoms with Crippen LogP contribution in [0, 0.1) is 0 Å². The lowest BCUT2D eigenvalue weighted by molar-refractivity contribution is 0.622. The molecule has 0 aliphatic carbocycles. The summed E-state index contributed by atoms with van der Waals surface area (Å²) in [5.74, 6) is 0. The van der Waals surface area contributed by atoms with E-state index in [1.165, 1.54) is 11.1 Å². The van der Waals surface area contributed by atoms with Gasteiger partial charge < -0.3 is 5.32 Å². The van der Waals surface area contributed by atoms with E-state index in [1.54, 1.807) is 0 Å². The topological polar surface area (TPSA) is 12.0 Å². The molecule has 0 saturated carbocycles. The van der Waals surface area contributed by atoms with Crippen molar-refractivity contribution >= 4 is 15.9 Å². The van der Waals surface area contributed by atoms with Crippen molar-refractivity contribution in [1.82, 2.24) is 5.32 Å². The number of nitrogens with one attached hydrogen (secondary N) is 1. The maximum absolute atomic E-state index is 3.90. The molecular weight excluding hydrogens is 286 g/mol. The molecule has 2 aromatic carbocycles. The van der Waals surface area contributed by atoms with E-state index in [1.807, 2.05) is 12.1 Å². The molecule has 0 aliphatic rings. The molecule has 0 fully saturated rings. The minimum Gasteiger partial charge on any atom is -0.303 e. The van der Waals surface area contributed by atoms with Gasteiger partial charge in [0.05, 0.1) is 6.04 Å². The van der Waals surface area contributed by atoms with Gasteiger partial charge in [0.25, 0.3) is 0 Å². The normalized spacial score (nSPS) is 12.1. The van der Waals surface area contributed by atoms with Gasteiger partial charge in [0.15, 0.2) is 0 Å². The summed E-state index contributed by atoms with van der Waals surface area (Å²) in [5.41, 5.74) is 2.51. The van der Waals surface area contributed by atoms with Crippen LogP contribution >= 0.6 is 15.9 Å². The molecule has 0 heterocycles. The molecule has 0 unspecified atom stereocenters. The molecule has 0 bridgehead atoms. The fraction of sp³-hybridized carbons (Fsp3) is 0.125. The number of rotatable bonds is 5. The first kappa shape index (κ1) is 13.1. The van der Waals surface area contributed by atoms with Crippen LogP contribution < -0.4 is 5.32 Å². The zero-order chi connectivity index (χ0) is 12.8. The Kier molecular flexibility index (Phi) is 4.73. The molecule has 1 N–H and O–H groups in total. The molecule has 1 atom stereocenters. The molecule has 0 aromatic heterocycles. The Hall–Kier alpha value is -1.38. The van der Waals surface area contributed by atoms with Gasteiger partial charge in [0.2, 0.25) is 0 Å². The van der Waals surface area contributed by atoms with Gasteiger partial charge in [-0.05, 0) is 23.3 Å².